The minimum Gasteiger partial charge on any atom is -0.350 e. The van der Waals surface area contributed by atoms with E-state index in [-0.39, 0.29) is 5.91 Å². The molecule has 33 heavy (non-hydrogen) atoms. The lowest BCUT2D eigenvalue weighted by Gasteiger charge is -2.30. The summed E-state index contributed by atoms with van der Waals surface area (Å²) in [5.41, 5.74) is 4.70. The Hall–Kier alpha value is -2.38. The third-order valence-electron chi connectivity index (χ3n) is 6.10. The Labute approximate surface area is 199 Å². The molecule has 1 amide bonds. The molecule has 0 aromatic heterocycles. The Balaban J connectivity index is 1.72. The fourth-order valence-corrected chi connectivity index (χ4v) is 5.85. The van der Waals surface area contributed by atoms with Crippen molar-refractivity contribution in [1.82, 2.24) is 10.2 Å². The summed E-state index contributed by atoms with van der Waals surface area (Å²) in [7, 11) is -3.65. The molecule has 0 radical (unpaired) electrons. The number of likely N-dealkylation sites (tertiary alicyclic amines) is 1. The molecule has 1 heterocycles. The Morgan fingerprint density at radius 1 is 1.03 bits per heavy atom. The average molecular weight is 472 g/mol. The van der Waals surface area contributed by atoms with E-state index in [9.17, 15) is 13.2 Å². The normalized spacial score (nSPS) is 15.8. The predicted molar refractivity (Wildman–Crippen MR) is 135 cm³/mol. The zero-order chi connectivity index (χ0) is 24.0. The molecule has 1 N–H and O–H groups in total. The minimum atomic E-state index is -3.65. The fraction of sp³-hybridized carbons (Fsp3) is 0.500. The monoisotopic (exact) mass is 471 g/mol. The quantitative estimate of drug-likeness (QED) is 0.597. The van der Waals surface area contributed by atoms with E-state index >= 15 is 0 Å². The molecule has 1 fully saturated rings. The first kappa shape index (κ1) is 25.2. The third-order valence-corrected chi connectivity index (χ3v) is 7.28. The van der Waals surface area contributed by atoms with Crippen molar-refractivity contribution in [3.8, 4) is 0 Å². The molecule has 1 saturated heterocycles. The van der Waals surface area contributed by atoms with Gasteiger partial charge in [0.1, 0.15) is 6.04 Å². The highest BCUT2D eigenvalue weighted by atomic mass is 32.2. The van der Waals surface area contributed by atoms with E-state index in [1.165, 1.54) is 29.1 Å². The maximum atomic E-state index is 13.2. The van der Waals surface area contributed by atoms with Crippen molar-refractivity contribution in [2.24, 2.45) is 0 Å². The molecule has 180 valence electrons. The van der Waals surface area contributed by atoms with E-state index in [4.69, 9.17) is 0 Å². The Morgan fingerprint density at radius 3 is 2.27 bits per heavy atom. The van der Waals surface area contributed by atoms with Crippen molar-refractivity contribution in [3.05, 3.63) is 64.7 Å². The molecule has 0 bridgehead atoms. The average Bonchev–Trinajstić information content (AvgIpc) is 2.75. The van der Waals surface area contributed by atoms with Crippen LogP contribution in [0.15, 0.2) is 42.5 Å². The lowest BCUT2D eigenvalue weighted by molar-refractivity contribution is -0.122. The zero-order valence-corrected chi connectivity index (χ0v) is 21.1. The number of rotatable bonds is 9. The second-order valence-electron chi connectivity index (χ2n) is 9.20. The Kier molecular flexibility index (Phi) is 8.54. The van der Waals surface area contributed by atoms with Crippen molar-refractivity contribution >= 4 is 21.6 Å². The van der Waals surface area contributed by atoms with Crippen LogP contribution in [0.25, 0.3) is 0 Å². The molecule has 1 aliphatic heterocycles. The molecule has 2 aromatic carbocycles. The first-order chi connectivity index (χ1) is 15.7. The van der Waals surface area contributed by atoms with Gasteiger partial charge >= 0.3 is 0 Å². The van der Waals surface area contributed by atoms with E-state index in [0.29, 0.717) is 18.7 Å². The van der Waals surface area contributed by atoms with Gasteiger partial charge in [0.25, 0.3) is 0 Å². The number of sulfonamides is 1. The van der Waals surface area contributed by atoms with Gasteiger partial charge in [0.05, 0.1) is 11.9 Å². The van der Waals surface area contributed by atoms with Gasteiger partial charge in [0.15, 0.2) is 0 Å². The Morgan fingerprint density at radius 2 is 1.67 bits per heavy atom. The van der Waals surface area contributed by atoms with E-state index < -0.39 is 16.1 Å². The maximum Gasteiger partial charge on any atom is 0.244 e. The molecule has 1 atom stereocenters. The summed E-state index contributed by atoms with van der Waals surface area (Å²) in [6.07, 6.45) is 5.36. The van der Waals surface area contributed by atoms with Gasteiger partial charge in [-0.2, -0.15) is 0 Å². The highest BCUT2D eigenvalue weighted by Crippen LogP contribution is 2.25. The van der Waals surface area contributed by atoms with Crippen LogP contribution in [-0.4, -0.2) is 44.6 Å². The number of nitrogens with one attached hydrogen (secondary N) is 1. The smallest absolute Gasteiger partial charge is 0.244 e. The van der Waals surface area contributed by atoms with Crippen LogP contribution in [0.4, 0.5) is 5.69 Å². The van der Waals surface area contributed by atoms with Gasteiger partial charge in [-0.05, 0) is 80.6 Å². The number of piperidine rings is 1. The number of aryl methyl sites for hydroxylation is 2. The van der Waals surface area contributed by atoms with Gasteiger partial charge in [-0.15, -0.1) is 0 Å². The van der Waals surface area contributed by atoms with Gasteiger partial charge in [-0.25, -0.2) is 8.42 Å². The molecule has 7 heteroatoms. The van der Waals surface area contributed by atoms with Crippen LogP contribution in [-0.2, 0) is 27.9 Å². The summed E-state index contributed by atoms with van der Waals surface area (Å²) >= 11 is 0. The van der Waals surface area contributed by atoms with Crippen molar-refractivity contribution in [2.75, 3.05) is 23.7 Å². The molecule has 0 unspecified atom stereocenters. The number of carbonyl (C=O) groups excluding carboxylic acids is 1. The van der Waals surface area contributed by atoms with Gasteiger partial charge in [-0.3, -0.25) is 14.0 Å². The number of hydrogen-bond acceptors (Lipinski definition) is 4. The number of anilines is 1. The van der Waals surface area contributed by atoms with Crippen molar-refractivity contribution in [2.45, 2.75) is 65.6 Å². The van der Waals surface area contributed by atoms with E-state index in [0.717, 1.165) is 42.6 Å². The zero-order valence-electron chi connectivity index (χ0n) is 20.3. The van der Waals surface area contributed by atoms with Crippen LogP contribution >= 0.6 is 0 Å². The minimum absolute atomic E-state index is 0.288. The predicted octanol–water partition coefficient (Wildman–Crippen LogP) is 4.15. The molecular weight excluding hydrogens is 434 g/mol. The third kappa shape index (κ3) is 7.05. The largest absolute Gasteiger partial charge is 0.350 e. The Bertz CT molecular complexity index is 1040. The summed E-state index contributed by atoms with van der Waals surface area (Å²) in [4.78, 5) is 15.6. The molecule has 0 saturated carbocycles. The summed E-state index contributed by atoms with van der Waals surface area (Å²) in [5.74, 6) is -0.288. The summed E-state index contributed by atoms with van der Waals surface area (Å²) in [5, 5.41) is 2.97. The molecular formula is C26H37N3O3S. The SMILES string of the molecule is CC[C@H](C(=O)NCc1cccc(CN2CCCCC2)c1)N(c1cc(C)cc(C)c1)S(C)(=O)=O. The highest BCUT2D eigenvalue weighted by Gasteiger charge is 2.31. The molecule has 6 nitrogen and oxygen atoms in total. The van der Waals surface area contributed by atoms with Gasteiger partial charge in [0, 0.05) is 13.1 Å². The summed E-state index contributed by atoms with van der Waals surface area (Å²) < 4.78 is 26.7. The topological polar surface area (TPSA) is 69.7 Å². The lowest BCUT2D eigenvalue weighted by atomic mass is 10.1. The second-order valence-corrected chi connectivity index (χ2v) is 11.1. The molecule has 3 rings (SSSR count). The first-order valence-corrected chi connectivity index (χ1v) is 13.7. The highest BCUT2D eigenvalue weighted by molar-refractivity contribution is 7.92. The molecule has 0 spiro atoms. The molecule has 0 aliphatic carbocycles. The maximum absolute atomic E-state index is 13.2. The van der Waals surface area contributed by atoms with Crippen LogP contribution < -0.4 is 9.62 Å². The number of nitrogens with zero attached hydrogens (tertiary/aromatic N) is 2. The van der Waals surface area contributed by atoms with Gasteiger partial charge in [-0.1, -0.05) is 43.7 Å². The van der Waals surface area contributed by atoms with Crippen LogP contribution in [0.3, 0.4) is 0 Å². The molecule has 2 aromatic rings. The van der Waals surface area contributed by atoms with Crippen molar-refractivity contribution < 1.29 is 13.2 Å². The van der Waals surface area contributed by atoms with Crippen molar-refractivity contribution in [1.29, 1.82) is 0 Å². The van der Waals surface area contributed by atoms with Crippen LogP contribution in [0.2, 0.25) is 0 Å². The van der Waals surface area contributed by atoms with E-state index in [1.54, 1.807) is 0 Å². The number of benzene rings is 2. The fourth-order valence-electron chi connectivity index (χ4n) is 4.66. The van der Waals surface area contributed by atoms with E-state index in [2.05, 4.69) is 22.3 Å². The summed E-state index contributed by atoms with van der Waals surface area (Å²) in [6, 6.07) is 13.1. The lowest BCUT2D eigenvalue weighted by Crippen LogP contribution is -2.49. The second kappa shape index (κ2) is 11.2. The molecule has 1 aliphatic rings. The van der Waals surface area contributed by atoms with Gasteiger partial charge < -0.3 is 5.32 Å². The van der Waals surface area contributed by atoms with Crippen LogP contribution in [0, 0.1) is 13.8 Å². The number of amides is 1. The summed E-state index contributed by atoms with van der Waals surface area (Å²) in [6.45, 7) is 9.26. The standard InChI is InChI=1S/C26H37N3O3S/c1-5-25(29(33(4,31)32)24-15-20(2)14-21(3)16-24)26(30)27-18-22-10-9-11-23(17-22)19-28-12-7-6-8-13-28/h9-11,14-17,25H,5-8,12-13,18-19H2,1-4H3,(H,27,30)/t25-/m1/s1. The first-order valence-electron chi connectivity index (χ1n) is 11.8. The number of hydrogen-bond donors (Lipinski definition) is 1. The number of carbonyl (C=O) groups is 1. The van der Waals surface area contributed by atoms with Gasteiger partial charge in [0.2, 0.25) is 15.9 Å². The van der Waals surface area contributed by atoms with Crippen LogP contribution in [0.1, 0.15) is 54.9 Å². The van der Waals surface area contributed by atoms with Crippen LogP contribution in [0.5, 0.6) is 0 Å². The van der Waals surface area contributed by atoms with E-state index in [1.807, 2.05) is 51.1 Å². The van der Waals surface area contributed by atoms with Crippen molar-refractivity contribution in [3.63, 3.8) is 0 Å².